The quantitative estimate of drug-likeness (QED) is 0.450. The van der Waals surface area contributed by atoms with E-state index in [1.54, 1.807) is 37.3 Å². The van der Waals surface area contributed by atoms with Crippen LogP contribution in [0.4, 0.5) is 0 Å². The van der Waals surface area contributed by atoms with Crippen LogP contribution in [-0.4, -0.2) is 51.6 Å². The maximum absolute atomic E-state index is 13.2. The molecule has 1 amide bonds. The summed E-state index contributed by atoms with van der Waals surface area (Å²) in [7, 11) is -2.44. The molecule has 0 spiro atoms. The van der Waals surface area contributed by atoms with Crippen molar-refractivity contribution in [1.82, 2.24) is 9.62 Å². The smallest absolute Gasteiger partial charge is 0.340 e. The number of rotatable bonds is 8. The van der Waals surface area contributed by atoms with Crippen molar-refractivity contribution >= 4 is 28.0 Å². The lowest BCUT2D eigenvalue weighted by atomic mass is 10.1. The van der Waals surface area contributed by atoms with Crippen LogP contribution < -0.4 is 4.72 Å². The first kappa shape index (κ1) is 23.9. The van der Waals surface area contributed by atoms with Crippen LogP contribution in [0, 0.1) is 0 Å². The van der Waals surface area contributed by atoms with E-state index in [4.69, 9.17) is 13.9 Å². The summed E-state index contributed by atoms with van der Waals surface area (Å²) in [5, 5.41) is 0. The van der Waals surface area contributed by atoms with E-state index < -0.39 is 16.0 Å². The molecule has 4 rings (SSSR count). The molecule has 1 saturated heterocycles. The molecular formula is C24H26N2O7S. The lowest BCUT2D eigenvalue weighted by Gasteiger charge is -2.21. The second-order valence-corrected chi connectivity index (χ2v) is 9.77. The van der Waals surface area contributed by atoms with Crippen LogP contribution in [0.3, 0.4) is 0 Å². The van der Waals surface area contributed by atoms with Crippen molar-refractivity contribution in [2.24, 2.45) is 0 Å². The summed E-state index contributed by atoms with van der Waals surface area (Å²) in [6, 6.07) is 11.2. The number of methoxy groups -OCH3 is 1. The van der Waals surface area contributed by atoms with Gasteiger partial charge in [0.15, 0.2) is 0 Å². The van der Waals surface area contributed by atoms with E-state index in [1.807, 2.05) is 0 Å². The number of carbonyl (C=O) groups is 2. The normalized spacial score (nSPS) is 19.9. The van der Waals surface area contributed by atoms with Gasteiger partial charge in [-0.1, -0.05) is 18.2 Å². The predicted molar refractivity (Wildman–Crippen MR) is 123 cm³/mol. The third-order valence-electron chi connectivity index (χ3n) is 5.77. The van der Waals surface area contributed by atoms with Crippen molar-refractivity contribution in [3.8, 4) is 0 Å². The third kappa shape index (κ3) is 4.98. The number of nitrogens with zero attached hydrogens (tertiary/aromatic N) is 1. The zero-order chi connectivity index (χ0) is 24.3. The minimum atomic E-state index is -3.70. The van der Waals surface area contributed by atoms with Crippen molar-refractivity contribution < 1.29 is 31.9 Å². The molecule has 9 nitrogen and oxygen atoms in total. The van der Waals surface area contributed by atoms with Gasteiger partial charge < -0.3 is 18.8 Å². The number of amides is 1. The molecule has 1 atom stereocenters. The first-order valence-corrected chi connectivity index (χ1v) is 12.4. The first-order chi connectivity index (χ1) is 16.3. The van der Waals surface area contributed by atoms with Crippen LogP contribution >= 0.6 is 0 Å². The summed E-state index contributed by atoms with van der Waals surface area (Å²) in [5.74, 6) is -0.288. The molecule has 34 heavy (non-hydrogen) atoms. The van der Waals surface area contributed by atoms with Gasteiger partial charge in [-0.25, -0.2) is 17.9 Å². The van der Waals surface area contributed by atoms with Crippen LogP contribution in [0.25, 0.3) is 6.08 Å². The highest BCUT2D eigenvalue weighted by atomic mass is 32.2. The number of sulfonamides is 1. The van der Waals surface area contributed by atoms with Crippen molar-refractivity contribution in [2.45, 2.75) is 37.3 Å². The third-order valence-corrected chi connectivity index (χ3v) is 7.19. The Morgan fingerprint density at radius 1 is 1.24 bits per heavy atom. The van der Waals surface area contributed by atoms with E-state index in [1.165, 1.54) is 30.2 Å². The van der Waals surface area contributed by atoms with E-state index in [0.29, 0.717) is 30.4 Å². The van der Waals surface area contributed by atoms with Crippen LogP contribution in [0.5, 0.6) is 0 Å². The Bertz CT molecular complexity index is 1240. The van der Waals surface area contributed by atoms with Gasteiger partial charge in [-0.2, -0.15) is 0 Å². The lowest BCUT2D eigenvalue weighted by molar-refractivity contribution is -0.136. The number of hydrogen-bond donors (Lipinski definition) is 1. The van der Waals surface area contributed by atoms with E-state index >= 15 is 0 Å². The Morgan fingerprint density at radius 3 is 2.68 bits per heavy atom. The van der Waals surface area contributed by atoms with Crippen LogP contribution in [0.1, 0.15) is 31.3 Å². The summed E-state index contributed by atoms with van der Waals surface area (Å²) in [4.78, 5) is 27.3. The van der Waals surface area contributed by atoms with Gasteiger partial charge in [-0.15, -0.1) is 0 Å². The van der Waals surface area contributed by atoms with Gasteiger partial charge in [0.2, 0.25) is 10.0 Å². The molecular weight excluding hydrogens is 460 g/mol. The molecule has 10 heteroatoms. The fourth-order valence-corrected chi connectivity index (χ4v) is 5.01. The number of ether oxygens (including phenoxy) is 2. The molecule has 180 valence electrons. The second-order valence-electron chi connectivity index (χ2n) is 8.00. The van der Waals surface area contributed by atoms with Gasteiger partial charge in [-0.3, -0.25) is 4.79 Å². The molecule has 1 aromatic carbocycles. The minimum Gasteiger partial charge on any atom is -0.465 e. The SMILES string of the molecule is COC(=O)C1=C(C)N(C[C@H]2CCCO2)C(=O)/C1=C\c1ccc(CNS(=O)(=O)c2ccccc2)o1. The van der Waals surface area contributed by atoms with Crippen molar-refractivity contribution in [1.29, 1.82) is 0 Å². The second kappa shape index (κ2) is 9.96. The fourth-order valence-electron chi connectivity index (χ4n) is 4.00. The van der Waals surface area contributed by atoms with Crippen LogP contribution in [-0.2, 0) is 35.6 Å². The Morgan fingerprint density at radius 2 is 2.00 bits per heavy atom. The minimum absolute atomic E-state index is 0.0712. The Kier molecular flexibility index (Phi) is 7.01. The van der Waals surface area contributed by atoms with Crippen molar-refractivity contribution in [2.75, 3.05) is 20.3 Å². The van der Waals surface area contributed by atoms with Crippen LogP contribution in [0.15, 0.2) is 68.6 Å². The number of esters is 1. The lowest BCUT2D eigenvalue weighted by Crippen LogP contribution is -2.33. The van der Waals surface area contributed by atoms with Gasteiger partial charge in [0.1, 0.15) is 11.5 Å². The fraction of sp³-hybridized carbons (Fsp3) is 0.333. The van der Waals surface area contributed by atoms with Gasteiger partial charge in [0, 0.05) is 12.3 Å². The molecule has 0 radical (unpaired) electrons. The van der Waals surface area contributed by atoms with Crippen molar-refractivity contribution in [3.05, 3.63) is 70.8 Å². The monoisotopic (exact) mass is 486 g/mol. The highest BCUT2D eigenvalue weighted by Gasteiger charge is 2.38. The highest BCUT2D eigenvalue weighted by molar-refractivity contribution is 7.89. The maximum Gasteiger partial charge on any atom is 0.340 e. The Labute approximate surface area is 198 Å². The van der Waals surface area contributed by atoms with Gasteiger partial charge in [0.25, 0.3) is 5.91 Å². The summed E-state index contributed by atoms with van der Waals surface area (Å²) in [6.07, 6.45) is 3.18. The molecule has 2 aliphatic rings. The summed E-state index contributed by atoms with van der Waals surface area (Å²) >= 11 is 0. The maximum atomic E-state index is 13.2. The Balaban J connectivity index is 1.53. The summed E-state index contributed by atoms with van der Waals surface area (Å²) < 4.78 is 43.6. The number of furan rings is 1. The molecule has 1 aromatic heterocycles. The summed E-state index contributed by atoms with van der Waals surface area (Å²) in [6.45, 7) is 2.64. The molecule has 0 saturated carbocycles. The summed E-state index contributed by atoms with van der Waals surface area (Å²) in [5.41, 5.74) is 0.836. The number of nitrogens with one attached hydrogen (secondary N) is 1. The number of benzene rings is 1. The molecule has 2 aliphatic heterocycles. The first-order valence-electron chi connectivity index (χ1n) is 10.9. The van der Waals surface area contributed by atoms with E-state index in [-0.39, 0.29) is 34.6 Å². The molecule has 0 unspecified atom stereocenters. The predicted octanol–water partition coefficient (Wildman–Crippen LogP) is 2.61. The molecule has 0 bridgehead atoms. The number of allylic oxidation sites excluding steroid dienone is 1. The van der Waals surface area contributed by atoms with E-state index in [9.17, 15) is 18.0 Å². The van der Waals surface area contributed by atoms with E-state index in [0.717, 1.165) is 12.8 Å². The van der Waals surface area contributed by atoms with E-state index in [2.05, 4.69) is 4.72 Å². The molecule has 1 N–H and O–H groups in total. The molecule has 3 heterocycles. The molecule has 0 aliphatic carbocycles. The average Bonchev–Trinajstić information content (AvgIpc) is 3.56. The number of hydrogen-bond acceptors (Lipinski definition) is 7. The number of carbonyl (C=O) groups excluding carboxylic acids is 2. The zero-order valence-corrected chi connectivity index (χ0v) is 19.8. The molecule has 1 fully saturated rings. The topological polar surface area (TPSA) is 115 Å². The average molecular weight is 487 g/mol. The van der Waals surface area contributed by atoms with Gasteiger partial charge >= 0.3 is 5.97 Å². The highest BCUT2D eigenvalue weighted by Crippen LogP contribution is 2.33. The zero-order valence-electron chi connectivity index (χ0n) is 18.9. The standard InChI is InChI=1S/C24H26N2O7S/c1-16-22(24(28)31-2)21(23(27)26(16)15-19-7-6-12-32-19)13-17-10-11-18(33-17)14-25-34(29,30)20-8-4-3-5-9-20/h3-5,8-11,13,19,25H,6-7,12,14-15H2,1-2H3/b21-13-/t19-/m1/s1. The van der Waals surface area contributed by atoms with Gasteiger partial charge in [0.05, 0.1) is 42.3 Å². The molecule has 2 aromatic rings. The van der Waals surface area contributed by atoms with Crippen molar-refractivity contribution in [3.63, 3.8) is 0 Å². The van der Waals surface area contributed by atoms with Crippen LogP contribution in [0.2, 0.25) is 0 Å². The Hall–Kier alpha value is -3.21. The van der Waals surface area contributed by atoms with Gasteiger partial charge in [-0.05, 0) is 50.1 Å². The largest absolute Gasteiger partial charge is 0.465 e.